The van der Waals surface area contributed by atoms with Crippen LogP contribution in [0.5, 0.6) is 0 Å². The quantitative estimate of drug-likeness (QED) is 0.106. The summed E-state index contributed by atoms with van der Waals surface area (Å²) in [6, 6.07) is 9.00. The SMILES string of the molecule is Cn1ccc(C=O)n1.Cn1ccc(CN2CCCN(c3ccc(C(F)(F)F)cc3[N+](=O)[O-])CC2)n1.O=[N+]([O-])c1cc(C(F)(F)F)ccc1N1CCCNCC1. The molecule has 2 saturated heterocycles. The van der Waals surface area contributed by atoms with Gasteiger partial charge in [0.1, 0.15) is 17.1 Å². The lowest BCUT2D eigenvalue weighted by molar-refractivity contribution is -0.384. The average Bonchev–Trinajstić information content (AvgIpc) is 3.53. The van der Waals surface area contributed by atoms with Crippen molar-refractivity contribution in [1.29, 1.82) is 0 Å². The number of hydrogen-bond acceptors (Lipinski definition) is 11. The van der Waals surface area contributed by atoms with Crippen LogP contribution < -0.4 is 15.1 Å². The molecule has 0 atom stereocenters. The molecule has 15 nitrogen and oxygen atoms in total. The van der Waals surface area contributed by atoms with Gasteiger partial charge in [0.15, 0.2) is 6.29 Å². The fourth-order valence-corrected chi connectivity index (χ4v) is 5.96. The maximum absolute atomic E-state index is 12.9. The molecule has 2 aliphatic rings. The minimum absolute atomic E-state index is 0.229. The molecule has 0 bridgehead atoms. The zero-order valence-corrected chi connectivity index (χ0v) is 30.0. The lowest BCUT2D eigenvalue weighted by atomic mass is 10.1. The number of aldehydes is 1. The van der Waals surface area contributed by atoms with E-state index in [4.69, 9.17) is 0 Å². The number of carbonyl (C=O) groups is 1. The molecule has 0 spiro atoms. The van der Waals surface area contributed by atoms with Crippen molar-refractivity contribution in [3.63, 3.8) is 0 Å². The molecule has 1 N–H and O–H groups in total. The van der Waals surface area contributed by atoms with Crippen LogP contribution >= 0.6 is 0 Å². The van der Waals surface area contributed by atoms with Gasteiger partial charge in [0.2, 0.25) is 0 Å². The first-order valence-corrected chi connectivity index (χ1v) is 17.0. The number of nitro benzene ring substituents is 2. The van der Waals surface area contributed by atoms with Gasteiger partial charge in [0.25, 0.3) is 11.4 Å². The molecule has 21 heteroatoms. The molecule has 55 heavy (non-hydrogen) atoms. The smallest absolute Gasteiger partial charge is 0.365 e. The van der Waals surface area contributed by atoms with Crippen LogP contribution in [0.25, 0.3) is 0 Å². The summed E-state index contributed by atoms with van der Waals surface area (Å²) in [7, 11) is 3.62. The highest BCUT2D eigenvalue weighted by Gasteiger charge is 2.35. The first-order chi connectivity index (χ1) is 26.0. The fourth-order valence-electron chi connectivity index (χ4n) is 5.96. The van der Waals surface area contributed by atoms with Crippen molar-refractivity contribution in [3.8, 4) is 0 Å². The molecule has 6 rings (SSSR count). The van der Waals surface area contributed by atoms with Crippen LogP contribution in [0.2, 0.25) is 0 Å². The van der Waals surface area contributed by atoms with E-state index in [-0.39, 0.29) is 11.4 Å². The summed E-state index contributed by atoms with van der Waals surface area (Å²) in [6.07, 6.45) is -3.33. The standard InChI is InChI=1S/C17H20F3N5O2.C12H14F3N3O2.C5H6N2O/c1-22-8-5-14(21-22)12-23-6-2-7-24(10-9-23)15-4-3-13(17(18,19)20)11-16(15)25(26)27;13-12(14,15)9-2-3-10(11(8-9)18(19)20)17-6-1-4-16-5-7-17;1-7-3-2-5(4-8)6-7/h3-5,8,11H,2,6-7,9-10,12H2,1H3;2-3,8,16H,1,4-7H2;2-4H,1H3. The predicted molar refractivity (Wildman–Crippen MR) is 190 cm³/mol. The maximum Gasteiger partial charge on any atom is 0.416 e. The summed E-state index contributed by atoms with van der Waals surface area (Å²) >= 11 is 0. The lowest BCUT2D eigenvalue weighted by Gasteiger charge is -2.23. The zero-order chi connectivity index (χ0) is 40.3. The maximum atomic E-state index is 12.9. The van der Waals surface area contributed by atoms with Crippen LogP contribution in [0, 0.1) is 20.2 Å². The number of hydrogen-bond donors (Lipinski definition) is 1. The van der Waals surface area contributed by atoms with Gasteiger partial charge in [-0.3, -0.25) is 39.3 Å². The van der Waals surface area contributed by atoms with E-state index in [1.165, 1.54) is 12.1 Å². The fraction of sp³-hybridized carbons (Fsp3) is 0.441. The van der Waals surface area contributed by atoms with Gasteiger partial charge in [-0.15, -0.1) is 0 Å². The number of rotatable bonds is 7. The highest BCUT2D eigenvalue weighted by atomic mass is 19.4. The van der Waals surface area contributed by atoms with Gasteiger partial charge in [0, 0.05) is 91.0 Å². The molecule has 0 radical (unpaired) electrons. The van der Waals surface area contributed by atoms with E-state index in [2.05, 4.69) is 20.4 Å². The number of nitrogens with zero attached hydrogens (tertiary/aromatic N) is 9. The van der Waals surface area contributed by atoms with Gasteiger partial charge in [-0.25, -0.2) is 0 Å². The minimum Gasteiger partial charge on any atom is -0.365 e. The summed E-state index contributed by atoms with van der Waals surface area (Å²) in [6.45, 7) is 5.72. The minimum atomic E-state index is -4.61. The van der Waals surface area contributed by atoms with E-state index >= 15 is 0 Å². The number of aromatic nitrogens is 4. The lowest BCUT2D eigenvalue weighted by Crippen LogP contribution is -2.31. The molecule has 4 aromatic rings. The molecule has 0 aliphatic carbocycles. The number of benzene rings is 2. The molecule has 0 saturated carbocycles. The number of halogens is 6. The Morgan fingerprint density at radius 1 is 0.709 bits per heavy atom. The van der Waals surface area contributed by atoms with Crippen molar-refractivity contribution in [2.45, 2.75) is 31.7 Å². The summed E-state index contributed by atoms with van der Waals surface area (Å²) in [4.78, 5) is 36.5. The van der Waals surface area contributed by atoms with Crippen molar-refractivity contribution in [3.05, 3.63) is 104 Å². The van der Waals surface area contributed by atoms with E-state index in [0.29, 0.717) is 63.6 Å². The molecule has 0 amide bonds. The van der Waals surface area contributed by atoms with E-state index in [1.54, 1.807) is 38.5 Å². The van der Waals surface area contributed by atoms with Crippen molar-refractivity contribution < 1.29 is 41.0 Å². The largest absolute Gasteiger partial charge is 0.416 e. The molecule has 2 aliphatic heterocycles. The van der Waals surface area contributed by atoms with E-state index in [1.807, 2.05) is 19.3 Å². The van der Waals surface area contributed by atoms with Crippen molar-refractivity contribution >= 4 is 29.0 Å². The molecular weight excluding hydrogens is 742 g/mol. The monoisotopic (exact) mass is 782 g/mol. The number of carbonyl (C=O) groups excluding carboxylic acids is 1. The first kappa shape index (κ1) is 42.2. The number of nitrogens with one attached hydrogen (secondary N) is 1. The van der Waals surface area contributed by atoms with E-state index in [9.17, 15) is 51.4 Å². The second-order valence-corrected chi connectivity index (χ2v) is 12.6. The molecule has 2 aromatic carbocycles. The molecule has 0 unspecified atom stereocenters. The Morgan fingerprint density at radius 3 is 1.73 bits per heavy atom. The Labute approximate surface area is 311 Å². The third-order valence-electron chi connectivity index (χ3n) is 8.62. The van der Waals surface area contributed by atoms with Crippen molar-refractivity contribution in [2.24, 2.45) is 14.1 Å². The van der Waals surface area contributed by atoms with Gasteiger partial charge in [-0.05, 0) is 55.8 Å². The summed E-state index contributed by atoms with van der Waals surface area (Å²) in [5, 5.41) is 33.6. The average molecular weight is 783 g/mol. The topological polar surface area (TPSA) is 161 Å². The van der Waals surface area contributed by atoms with Gasteiger partial charge in [0.05, 0.1) is 26.7 Å². The van der Waals surface area contributed by atoms with Crippen LogP contribution in [0.15, 0.2) is 60.9 Å². The molecular formula is C34H40F6N10O5. The van der Waals surface area contributed by atoms with Crippen LogP contribution in [-0.4, -0.2) is 93.0 Å². The number of alkyl halides is 6. The second-order valence-electron chi connectivity index (χ2n) is 12.6. The number of nitro groups is 2. The Morgan fingerprint density at radius 2 is 1.25 bits per heavy atom. The van der Waals surface area contributed by atoms with Gasteiger partial charge in [-0.1, -0.05) is 0 Å². The molecule has 298 valence electrons. The highest BCUT2D eigenvalue weighted by Crippen LogP contribution is 2.38. The third-order valence-corrected chi connectivity index (χ3v) is 8.62. The van der Waals surface area contributed by atoms with Crippen LogP contribution in [0.4, 0.5) is 49.1 Å². The van der Waals surface area contributed by atoms with Gasteiger partial charge < -0.3 is 15.1 Å². The highest BCUT2D eigenvalue weighted by molar-refractivity contribution is 5.71. The Kier molecular flexibility index (Phi) is 14.3. The van der Waals surface area contributed by atoms with Crippen LogP contribution in [0.3, 0.4) is 0 Å². The predicted octanol–water partition coefficient (Wildman–Crippen LogP) is 5.71. The summed E-state index contributed by atoms with van der Waals surface area (Å²) < 4.78 is 79.8. The molecule has 2 fully saturated rings. The first-order valence-electron chi connectivity index (χ1n) is 17.0. The van der Waals surface area contributed by atoms with Crippen LogP contribution in [-0.2, 0) is 33.0 Å². The normalized spacial score (nSPS) is 15.5. The van der Waals surface area contributed by atoms with Crippen molar-refractivity contribution in [1.82, 2.24) is 29.8 Å². The zero-order valence-electron chi connectivity index (χ0n) is 30.0. The molecule has 2 aromatic heterocycles. The Balaban J connectivity index is 0.000000209. The van der Waals surface area contributed by atoms with Crippen LogP contribution in [0.1, 0.15) is 40.2 Å². The third kappa shape index (κ3) is 12.2. The number of aryl methyl sites for hydroxylation is 2. The van der Waals surface area contributed by atoms with Gasteiger partial charge in [-0.2, -0.15) is 36.5 Å². The van der Waals surface area contributed by atoms with E-state index < -0.39 is 44.7 Å². The number of anilines is 2. The van der Waals surface area contributed by atoms with Gasteiger partial charge >= 0.3 is 12.4 Å². The molecule has 4 heterocycles. The summed E-state index contributed by atoms with van der Waals surface area (Å²) in [5.74, 6) is 0. The second kappa shape index (κ2) is 18.7. The summed E-state index contributed by atoms with van der Waals surface area (Å²) in [5.41, 5.74) is -1.13. The Hall–Kier alpha value is -5.57. The Bertz CT molecular complexity index is 1910. The van der Waals surface area contributed by atoms with E-state index in [0.717, 1.165) is 50.0 Å². The van der Waals surface area contributed by atoms with Crippen molar-refractivity contribution in [2.75, 3.05) is 62.2 Å².